The van der Waals surface area contributed by atoms with E-state index in [1.165, 1.54) is 0 Å². The van der Waals surface area contributed by atoms with Gasteiger partial charge in [0.25, 0.3) is 5.91 Å². The highest BCUT2D eigenvalue weighted by atomic mass is 19.4. The molecule has 1 aromatic carbocycles. The Balaban J connectivity index is 2.29. The number of hydrogen-bond acceptors (Lipinski definition) is 3. The number of amides is 1. The number of alkyl halides is 3. The molecule has 0 radical (unpaired) electrons. The van der Waals surface area contributed by atoms with Gasteiger partial charge in [0, 0.05) is 0 Å². The van der Waals surface area contributed by atoms with E-state index >= 15 is 0 Å². The number of primary amides is 1. The molecule has 0 aliphatic heterocycles. The minimum Gasteiger partial charge on any atom is -0.472 e. The zero-order chi connectivity index (χ0) is 15.5. The smallest absolute Gasteiger partial charge is 0.433 e. The standard InChI is InChI=1S/C14H11F3N2O2/c15-14(16,17)11-7-6-10(12(18)20)13(19-11)21-8-9-4-2-1-3-5-9/h1-7H,8H2,(H2,18,20). The van der Waals surface area contributed by atoms with Crippen LogP contribution in [0.25, 0.3) is 0 Å². The molecule has 2 aromatic rings. The molecule has 1 amide bonds. The van der Waals surface area contributed by atoms with Gasteiger partial charge in [-0.25, -0.2) is 4.98 Å². The number of benzene rings is 1. The minimum absolute atomic E-state index is 0.0184. The molecule has 1 heterocycles. The second-order valence-electron chi connectivity index (χ2n) is 4.19. The molecule has 1 aromatic heterocycles. The van der Waals surface area contributed by atoms with Gasteiger partial charge < -0.3 is 10.5 Å². The zero-order valence-corrected chi connectivity index (χ0v) is 10.7. The SMILES string of the molecule is NC(=O)c1ccc(C(F)(F)F)nc1OCc1ccccc1. The number of pyridine rings is 1. The molecule has 0 aliphatic rings. The van der Waals surface area contributed by atoms with E-state index in [1.54, 1.807) is 30.3 Å². The number of aromatic nitrogens is 1. The van der Waals surface area contributed by atoms with Crippen LogP contribution in [0.4, 0.5) is 13.2 Å². The predicted octanol–water partition coefficient (Wildman–Crippen LogP) is 2.78. The Labute approximate surface area is 118 Å². The zero-order valence-electron chi connectivity index (χ0n) is 10.7. The molecule has 0 saturated heterocycles. The first kappa shape index (κ1) is 14.8. The Morgan fingerprint density at radius 3 is 2.38 bits per heavy atom. The first-order chi connectivity index (χ1) is 9.88. The lowest BCUT2D eigenvalue weighted by Crippen LogP contribution is -2.16. The second kappa shape index (κ2) is 5.82. The third-order valence-electron chi connectivity index (χ3n) is 2.63. The molecule has 0 bridgehead atoms. The lowest BCUT2D eigenvalue weighted by molar-refractivity contribution is -0.141. The largest absolute Gasteiger partial charge is 0.472 e. The number of ether oxygens (including phenoxy) is 1. The fourth-order valence-electron chi connectivity index (χ4n) is 1.62. The Morgan fingerprint density at radius 2 is 1.81 bits per heavy atom. The molecule has 2 rings (SSSR count). The van der Waals surface area contributed by atoms with Crippen molar-refractivity contribution in [3.05, 3.63) is 59.3 Å². The fourth-order valence-corrected chi connectivity index (χ4v) is 1.62. The van der Waals surface area contributed by atoms with E-state index in [2.05, 4.69) is 4.98 Å². The molecule has 0 aliphatic carbocycles. The highest BCUT2D eigenvalue weighted by molar-refractivity contribution is 5.95. The molecular formula is C14H11F3N2O2. The molecule has 0 saturated carbocycles. The molecule has 2 N–H and O–H groups in total. The van der Waals surface area contributed by atoms with Crippen LogP contribution in [0.15, 0.2) is 42.5 Å². The quantitative estimate of drug-likeness (QED) is 0.943. The van der Waals surface area contributed by atoms with Crippen LogP contribution in [0.3, 0.4) is 0 Å². The monoisotopic (exact) mass is 296 g/mol. The van der Waals surface area contributed by atoms with E-state index < -0.39 is 23.7 Å². The van der Waals surface area contributed by atoms with Crippen LogP contribution in [-0.4, -0.2) is 10.9 Å². The van der Waals surface area contributed by atoms with Gasteiger partial charge in [0.15, 0.2) is 0 Å². The summed E-state index contributed by atoms with van der Waals surface area (Å²) < 4.78 is 43.1. The van der Waals surface area contributed by atoms with Gasteiger partial charge >= 0.3 is 6.18 Å². The first-order valence-corrected chi connectivity index (χ1v) is 5.92. The van der Waals surface area contributed by atoms with Gasteiger partial charge in [-0.05, 0) is 17.7 Å². The van der Waals surface area contributed by atoms with Crippen LogP contribution in [0.1, 0.15) is 21.6 Å². The van der Waals surface area contributed by atoms with Crippen LogP contribution < -0.4 is 10.5 Å². The predicted molar refractivity (Wildman–Crippen MR) is 68.5 cm³/mol. The summed E-state index contributed by atoms with van der Waals surface area (Å²) in [6.07, 6.45) is -4.62. The van der Waals surface area contributed by atoms with E-state index in [0.29, 0.717) is 6.07 Å². The summed E-state index contributed by atoms with van der Waals surface area (Å²) in [7, 11) is 0. The molecule has 4 nitrogen and oxygen atoms in total. The van der Waals surface area contributed by atoms with Crippen molar-refractivity contribution in [3.63, 3.8) is 0 Å². The van der Waals surface area contributed by atoms with Gasteiger partial charge in [-0.1, -0.05) is 30.3 Å². The maximum Gasteiger partial charge on any atom is 0.433 e. The lowest BCUT2D eigenvalue weighted by atomic mass is 10.2. The number of rotatable bonds is 4. The maximum atomic E-state index is 12.6. The van der Waals surface area contributed by atoms with E-state index in [-0.39, 0.29) is 12.2 Å². The summed E-state index contributed by atoms with van der Waals surface area (Å²) in [6.45, 7) is -0.0184. The summed E-state index contributed by atoms with van der Waals surface area (Å²) >= 11 is 0. The van der Waals surface area contributed by atoms with Crippen molar-refractivity contribution in [1.82, 2.24) is 4.98 Å². The van der Waals surface area contributed by atoms with Crippen LogP contribution in [0, 0.1) is 0 Å². The molecule has 21 heavy (non-hydrogen) atoms. The van der Waals surface area contributed by atoms with E-state index in [4.69, 9.17) is 10.5 Å². The topological polar surface area (TPSA) is 65.2 Å². The van der Waals surface area contributed by atoms with Gasteiger partial charge in [0.1, 0.15) is 17.9 Å². The van der Waals surface area contributed by atoms with Crippen molar-refractivity contribution in [3.8, 4) is 5.88 Å². The van der Waals surface area contributed by atoms with Gasteiger partial charge in [0.05, 0.1) is 0 Å². The Kier molecular flexibility index (Phi) is 4.11. The molecule has 0 unspecified atom stereocenters. The van der Waals surface area contributed by atoms with Crippen molar-refractivity contribution in [2.24, 2.45) is 5.73 Å². The van der Waals surface area contributed by atoms with Gasteiger partial charge in [-0.2, -0.15) is 13.2 Å². The Bertz CT molecular complexity index is 642. The van der Waals surface area contributed by atoms with Gasteiger partial charge in [-0.15, -0.1) is 0 Å². The number of hydrogen-bond donors (Lipinski definition) is 1. The molecule has 110 valence electrons. The average Bonchev–Trinajstić information content (AvgIpc) is 2.45. The Morgan fingerprint density at radius 1 is 1.14 bits per heavy atom. The van der Waals surface area contributed by atoms with Crippen molar-refractivity contribution in [2.45, 2.75) is 12.8 Å². The summed E-state index contributed by atoms with van der Waals surface area (Å²) in [5.74, 6) is -1.33. The summed E-state index contributed by atoms with van der Waals surface area (Å²) in [6, 6.07) is 10.4. The molecule has 0 fully saturated rings. The average molecular weight is 296 g/mol. The maximum absolute atomic E-state index is 12.6. The lowest BCUT2D eigenvalue weighted by Gasteiger charge is -2.12. The van der Waals surface area contributed by atoms with Crippen LogP contribution >= 0.6 is 0 Å². The number of nitrogens with two attached hydrogens (primary N) is 1. The summed E-state index contributed by atoms with van der Waals surface area (Å²) in [5, 5.41) is 0. The molecule has 0 spiro atoms. The van der Waals surface area contributed by atoms with Crippen molar-refractivity contribution in [1.29, 1.82) is 0 Å². The molecule has 0 atom stereocenters. The molecule has 7 heteroatoms. The Hall–Kier alpha value is -2.57. The molecular weight excluding hydrogens is 285 g/mol. The third-order valence-corrected chi connectivity index (χ3v) is 2.63. The van der Waals surface area contributed by atoms with Crippen LogP contribution in [0.5, 0.6) is 5.88 Å². The normalized spacial score (nSPS) is 11.2. The third kappa shape index (κ3) is 3.71. The number of carbonyl (C=O) groups is 1. The number of nitrogens with zero attached hydrogens (tertiary/aromatic N) is 1. The highest BCUT2D eigenvalue weighted by Crippen LogP contribution is 2.30. The van der Waals surface area contributed by atoms with E-state index in [9.17, 15) is 18.0 Å². The highest BCUT2D eigenvalue weighted by Gasteiger charge is 2.33. The fraction of sp³-hybridized carbons (Fsp3) is 0.143. The van der Waals surface area contributed by atoms with E-state index in [0.717, 1.165) is 11.6 Å². The van der Waals surface area contributed by atoms with Crippen molar-refractivity contribution >= 4 is 5.91 Å². The van der Waals surface area contributed by atoms with Crippen molar-refractivity contribution < 1.29 is 22.7 Å². The van der Waals surface area contributed by atoms with Gasteiger partial charge in [0.2, 0.25) is 5.88 Å². The number of halogens is 3. The number of carbonyl (C=O) groups excluding carboxylic acids is 1. The van der Waals surface area contributed by atoms with Crippen LogP contribution in [0.2, 0.25) is 0 Å². The first-order valence-electron chi connectivity index (χ1n) is 5.92. The summed E-state index contributed by atoms with van der Waals surface area (Å²) in [4.78, 5) is 14.5. The van der Waals surface area contributed by atoms with E-state index in [1.807, 2.05) is 0 Å². The second-order valence-corrected chi connectivity index (χ2v) is 4.19. The van der Waals surface area contributed by atoms with Gasteiger partial charge in [-0.3, -0.25) is 4.79 Å². The summed E-state index contributed by atoms with van der Waals surface area (Å²) in [5.41, 5.74) is 4.49. The van der Waals surface area contributed by atoms with Crippen LogP contribution in [-0.2, 0) is 12.8 Å². The van der Waals surface area contributed by atoms with Crippen molar-refractivity contribution in [2.75, 3.05) is 0 Å². The minimum atomic E-state index is -4.62.